The predicted octanol–water partition coefficient (Wildman–Crippen LogP) is 4.37. The zero-order chi connectivity index (χ0) is 15.9. The van der Waals surface area contributed by atoms with Crippen molar-refractivity contribution in [1.82, 2.24) is 0 Å². The maximum atomic E-state index is 13.1. The minimum absolute atomic E-state index is 0.303. The molecule has 0 bridgehead atoms. The number of benzene rings is 2. The molecule has 0 aliphatic heterocycles. The van der Waals surface area contributed by atoms with Gasteiger partial charge < -0.3 is 4.74 Å². The second-order valence-corrected chi connectivity index (χ2v) is 4.72. The molecule has 112 valence electrons. The van der Waals surface area contributed by atoms with Crippen molar-refractivity contribution >= 4 is 11.5 Å². The highest BCUT2D eigenvalue weighted by Gasteiger charge is 2.08. The summed E-state index contributed by atoms with van der Waals surface area (Å²) in [7, 11) is 0. The second kappa shape index (κ2) is 7.39. The number of hydrogen-bond donors (Lipinski definition) is 0. The lowest BCUT2D eigenvalue weighted by molar-refractivity contribution is -0.138. The minimum Gasteiger partial charge on any atom is -0.462 e. The molecule has 0 amide bonds. The Morgan fingerprint density at radius 2 is 1.64 bits per heavy atom. The molecule has 0 heterocycles. The monoisotopic (exact) mass is 296 g/mol. The van der Waals surface area contributed by atoms with Gasteiger partial charge in [0, 0.05) is 5.57 Å². The zero-order valence-electron chi connectivity index (χ0n) is 12.6. The molecule has 0 spiro atoms. The van der Waals surface area contributed by atoms with Crippen molar-refractivity contribution in [2.75, 3.05) is 6.61 Å². The predicted molar refractivity (Wildman–Crippen MR) is 84.7 cm³/mol. The number of halogens is 1. The van der Waals surface area contributed by atoms with E-state index < -0.39 is 5.97 Å². The van der Waals surface area contributed by atoms with E-state index in [4.69, 9.17) is 4.74 Å². The van der Waals surface area contributed by atoms with Gasteiger partial charge >= 0.3 is 5.97 Å². The van der Waals surface area contributed by atoms with E-state index >= 15 is 0 Å². The SMILES string of the molecule is CCOC(=O)C(C)=C=C(c1ccccc1)c1ccc(F)cc1. The molecular weight excluding hydrogens is 279 g/mol. The molecule has 2 aromatic rings. The molecule has 2 nitrogen and oxygen atoms in total. The molecule has 0 atom stereocenters. The topological polar surface area (TPSA) is 26.3 Å². The van der Waals surface area contributed by atoms with Gasteiger partial charge in [0.15, 0.2) is 0 Å². The van der Waals surface area contributed by atoms with Crippen LogP contribution in [0.25, 0.3) is 5.57 Å². The van der Waals surface area contributed by atoms with Gasteiger partial charge in [-0.05, 0) is 37.1 Å². The molecular formula is C19H17FO2. The van der Waals surface area contributed by atoms with Gasteiger partial charge in [0.2, 0.25) is 0 Å². The smallest absolute Gasteiger partial charge is 0.341 e. The van der Waals surface area contributed by atoms with Crippen LogP contribution in [0.2, 0.25) is 0 Å². The molecule has 0 saturated carbocycles. The van der Waals surface area contributed by atoms with E-state index in [1.54, 1.807) is 26.0 Å². The Balaban J connectivity index is 2.58. The third kappa shape index (κ3) is 3.94. The first-order valence-electron chi connectivity index (χ1n) is 7.08. The van der Waals surface area contributed by atoms with Gasteiger partial charge in [0.05, 0.1) is 12.2 Å². The lowest BCUT2D eigenvalue weighted by Crippen LogP contribution is -2.04. The van der Waals surface area contributed by atoms with Crippen LogP contribution in [0.4, 0.5) is 4.39 Å². The molecule has 22 heavy (non-hydrogen) atoms. The lowest BCUT2D eigenvalue weighted by atomic mass is 9.98. The van der Waals surface area contributed by atoms with E-state index in [1.165, 1.54) is 12.1 Å². The van der Waals surface area contributed by atoms with E-state index in [0.717, 1.165) is 16.7 Å². The number of hydrogen-bond acceptors (Lipinski definition) is 2. The molecule has 0 aliphatic carbocycles. The van der Waals surface area contributed by atoms with Crippen LogP contribution < -0.4 is 0 Å². The fraction of sp³-hybridized carbons (Fsp3) is 0.158. The first kappa shape index (κ1) is 15.7. The average Bonchev–Trinajstić information content (AvgIpc) is 2.54. The van der Waals surface area contributed by atoms with Crippen molar-refractivity contribution in [2.45, 2.75) is 13.8 Å². The third-order valence-corrected chi connectivity index (χ3v) is 3.09. The molecule has 2 aromatic carbocycles. The first-order chi connectivity index (χ1) is 10.6. The Morgan fingerprint density at radius 3 is 2.23 bits per heavy atom. The first-order valence-corrected chi connectivity index (χ1v) is 7.08. The number of carbonyl (C=O) groups is 1. The van der Waals surface area contributed by atoms with Crippen LogP contribution in [-0.4, -0.2) is 12.6 Å². The summed E-state index contributed by atoms with van der Waals surface area (Å²) < 4.78 is 18.1. The minimum atomic E-state index is -0.405. The largest absolute Gasteiger partial charge is 0.462 e. The average molecular weight is 296 g/mol. The van der Waals surface area contributed by atoms with Gasteiger partial charge in [-0.15, -0.1) is 5.73 Å². The Kier molecular flexibility index (Phi) is 5.29. The van der Waals surface area contributed by atoms with Crippen LogP contribution in [0.15, 0.2) is 65.9 Å². The van der Waals surface area contributed by atoms with E-state index in [-0.39, 0.29) is 5.82 Å². The van der Waals surface area contributed by atoms with Crippen molar-refractivity contribution in [3.05, 3.63) is 82.8 Å². The van der Waals surface area contributed by atoms with Gasteiger partial charge in [-0.3, -0.25) is 0 Å². The summed E-state index contributed by atoms with van der Waals surface area (Å²) in [5, 5.41) is 0. The molecule has 0 N–H and O–H groups in total. The van der Waals surface area contributed by atoms with Crippen molar-refractivity contribution in [3.63, 3.8) is 0 Å². The molecule has 0 fully saturated rings. The summed E-state index contributed by atoms with van der Waals surface area (Å²) in [4.78, 5) is 11.8. The van der Waals surface area contributed by atoms with E-state index in [2.05, 4.69) is 5.73 Å². The van der Waals surface area contributed by atoms with Gasteiger partial charge in [0.25, 0.3) is 0 Å². The van der Waals surface area contributed by atoms with Gasteiger partial charge in [-0.1, -0.05) is 42.5 Å². The van der Waals surface area contributed by atoms with Crippen LogP contribution in [-0.2, 0) is 9.53 Å². The molecule has 0 aliphatic rings. The van der Waals surface area contributed by atoms with Crippen LogP contribution >= 0.6 is 0 Å². The van der Waals surface area contributed by atoms with Crippen molar-refractivity contribution < 1.29 is 13.9 Å². The van der Waals surface area contributed by atoms with Crippen molar-refractivity contribution in [1.29, 1.82) is 0 Å². The number of esters is 1. The molecule has 0 radical (unpaired) electrons. The summed E-state index contributed by atoms with van der Waals surface area (Å²) in [5.74, 6) is -0.708. The normalized spacial score (nSPS) is 9.77. The van der Waals surface area contributed by atoms with Crippen LogP contribution in [0.3, 0.4) is 0 Å². The highest BCUT2D eigenvalue weighted by atomic mass is 19.1. The van der Waals surface area contributed by atoms with E-state index in [1.807, 2.05) is 30.3 Å². The van der Waals surface area contributed by atoms with Crippen molar-refractivity contribution in [2.24, 2.45) is 0 Å². The lowest BCUT2D eigenvalue weighted by Gasteiger charge is -2.06. The Morgan fingerprint density at radius 1 is 1.05 bits per heavy atom. The standard InChI is InChI=1S/C19H17FO2/c1-3-22-19(21)14(2)13-18(15-7-5-4-6-8-15)16-9-11-17(20)12-10-16/h4-12H,3H2,1-2H3. The molecule has 2 rings (SSSR count). The summed E-state index contributed by atoms with van der Waals surface area (Å²) in [5.41, 5.74) is 5.89. The van der Waals surface area contributed by atoms with E-state index in [0.29, 0.717) is 12.2 Å². The second-order valence-electron chi connectivity index (χ2n) is 4.72. The van der Waals surface area contributed by atoms with Crippen molar-refractivity contribution in [3.8, 4) is 0 Å². The summed E-state index contributed by atoms with van der Waals surface area (Å²) in [6.07, 6.45) is 0. The maximum absolute atomic E-state index is 13.1. The molecule has 0 aromatic heterocycles. The molecule has 3 heteroatoms. The highest BCUT2D eigenvalue weighted by molar-refractivity contribution is 5.90. The summed E-state index contributed by atoms with van der Waals surface area (Å²) in [6.45, 7) is 3.73. The van der Waals surface area contributed by atoms with Gasteiger partial charge in [-0.25, -0.2) is 9.18 Å². The summed E-state index contributed by atoms with van der Waals surface area (Å²) in [6, 6.07) is 15.7. The number of rotatable bonds is 4. The Bertz CT molecular complexity index is 709. The maximum Gasteiger partial charge on any atom is 0.341 e. The zero-order valence-corrected chi connectivity index (χ0v) is 12.6. The number of carbonyl (C=O) groups excluding carboxylic acids is 1. The van der Waals surface area contributed by atoms with Crippen LogP contribution in [0.1, 0.15) is 25.0 Å². The van der Waals surface area contributed by atoms with Crippen LogP contribution in [0.5, 0.6) is 0 Å². The van der Waals surface area contributed by atoms with E-state index in [9.17, 15) is 9.18 Å². The number of ether oxygens (including phenoxy) is 1. The van der Waals surface area contributed by atoms with Gasteiger partial charge in [-0.2, -0.15) is 0 Å². The fourth-order valence-electron chi connectivity index (χ4n) is 2.01. The molecule has 0 unspecified atom stereocenters. The Hall–Kier alpha value is -2.64. The fourth-order valence-corrected chi connectivity index (χ4v) is 2.01. The highest BCUT2D eigenvalue weighted by Crippen LogP contribution is 2.23. The molecule has 0 saturated heterocycles. The van der Waals surface area contributed by atoms with Gasteiger partial charge in [0.1, 0.15) is 5.82 Å². The third-order valence-electron chi connectivity index (χ3n) is 3.09. The quantitative estimate of drug-likeness (QED) is 0.476. The summed E-state index contributed by atoms with van der Waals surface area (Å²) >= 11 is 0. The van der Waals surface area contributed by atoms with Crippen LogP contribution in [0, 0.1) is 5.82 Å². The Labute approximate surface area is 129 Å².